The van der Waals surface area contributed by atoms with E-state index in [4.69, 9.17) is 4.74 Å². The number of amides is 4. The van der Waals surface area contributed by atoms with E-state index in [1.54, 1.807) is 52.5 Å². The fraction of sp³-hybridized carbons (Fsp3) is 0.375. The number of nitrogens with one attached hydrogen (secondary N) is 2. The first kappa shape index (κ1) is 30.5. The molecule has 1 aromatic heterocycles. The number of hydrogen-bond acceptors (Lipinski definition) is 8. The minimum Gasteiger partial charge on any atom is -0.491 e. The molecule has 2 aliphatic rings. The van der Waals surface area contributed by atoms with Crippen LogP contribution in [0.1, 0.15) is 29.3 Å². The minimum absolute atomic E-state index is 0.146. The average Bonchev–Trinajstić information content (AvgIpc) is 3.06. The third-order valence-electron chi connectivity index (χ3n) is 7.78. The monoisotopic (exact) mass is 599 g/mol. The molecule has 1 fully saturated rings. The summed E-state index contributed by atoms with van der Waals surface area (Å²) in [5.74, 6) is -0.745. The normalized spacial score (nSPS) is 20.1. The Labute approximate surface area is 256 Å². The second-order valence-corrected chi connectivity index (χ2v) is 10.7. The zero-order valence-electron chi connectivity index (χ0n) is 24.7. The standard InChI is InChI=1S/C32H37N7O5/c1-2-37-19-20-44-27-12-7-6-11-24(27)29(41)36-26(22-28(40)35-25(30(37)42)21-23-9-4-3-5-10-23)31(43)38-15-17-39(18-16-38)32-33-13-8-14-34-32/h3-14,25-26H,2,15-22H2,1H3,(H,35,40)(H,36,41)/t25-,26+/m1/s1. The zero-order chi connectivity index (χ0) is 30.9. The summed E-state index contributed by atoms with van der Waals surface area (Å²) in [4.78, 5) is 68.4. The molecule has 1 saturated heterocycles. The summed E-state index contributed by atoms with van der Waals surface area (Å²) in [6.07, 6.45) is 3.28. The number of piperazine rings is 1. The van der Waals surface area contributed by atoms with Gasteiger partial charge in [-0.25, -0.2) is 9.97 Å². The number of carbonyl (C=O) groups excluding carboxylic acids is 4. The van der Waals surface area contributed by atoms with Crippen LogP contribution >= 0.6 is 0 Å². The molecule has 2 aliphatic heterocycles. The number of likely N-dealkylation sites (N-methyl/N-ethyl adjacent to an activating group) is 1. The number of hydrogen-bond donors (Lipinski definition) is 2. The van der Waals surface area contributed by atoms with Gasteiger partial charge in [-0.05, 0) is 30.7 Å². The van der Waals surface area contributed by atoms with Crippen LogP contribution in [-0.2, 0) is 20.8 Å². The maximum absolute atomic E-state index is 13.8. The average molecular weight is 600 g/mol. The molecule has 0 unspecified atom stereocenters. The van der Waals surface area contributed by atoms with Crippen LogP contribution < -0.4 is 20.3 Å². The van der Waals surface area contributed by atoms with E-state index < -0.39 is 23.9 Å². The van der Waals surface area contributed by atoms with Crippen molar-refractivity contribution in [1.29, 1.82) is 0 Å². The molecule has 2 N–H and O–H groups in total. The van der Waals surface area contributed by atoms with Gasteiger partial charge in [-0.1, -0.05) is 42.5 Å². The molecule has 0 bridgehead atoms. The Morgan fingerprint density at radius 2 is 1.59 bits per heavy atom. The van der Waals surface area contributed by atoms with Crippen LogP contribution in [0.15, 0.2) is 73.1 Å². The Kier molecular flexibility index (Phi) is 10.0. The molecule has 0 aliphatic carbocycles. The van der Waals surface area contributed by atoms with Crippen molar-refractivity contribution in [2.45, 2.75) is 31.8 Å². The molecule has 3 aromatic rings. The number of para-hydroxylation sites is 1. The molecule has 0 radical (unpaired) electrons. The molecule has 12 nitrogen and oxygen atoms in total. The van der Waals surface area contributed by atoms with Gasteiger partial charge in [0.2, 0.25) is 23.7 Å². The molecule has 2 aromatic carbocycles. The predicted molar refractivity (Wildman–Crippen MR) is 163 cm³/mol. The van der Waals surface area contributed by atoms with Crippen LogP contribution in [0.3, 0.4) is 0 Å². The maximum Gasteiger partial charge on any atom is 0.255 e. The first-order valence-corrected chi connectivity index (χ1v) is 14.9. The lowest BCUT2D eigenvalue weighted by Crippen LogP contribution is -2.57. The molecule has 0 saturated carbocycles. The highest BCUT2D eigenvalue weighted by Crippen LogP contribution is 2.20. The van der Waals surface area contributed by atoms with Crippen LogP contribution in [0.25, 0.3) is 0 Å². The molecule has 4 amide bonds. The van der Waals surface area contributed by atoms with Gasteiger partial charge in [-0.2, -0.15) is 0 Å². The molecule has 230 valence electrons. The van der Waals surface area contributed by atoms with Gasteiger partial charge in [-0.15, -0.1) is 0 Å². The first-order chi connectivity index (χ1) is 21.4. The van der Waals surface area contributed by atoms with Crippen molar-refractivity contribution in [1.82, 2.24) is 30.4 Å². The molecular formula is C32H37N7O5. The minimum atomic E-state index is -1.16. The third-order valence-corrected chi connectivity index (χ3v) is 7.78. The quantitative estimate of drug-likeness (QED) is 0.448. The SMILES string of the molecule is CCN1CCOc2ccccc2C(=O)N[C@H](C(=O)N2CCN(c3ncccn3)CC2)CC(=O)N[C@H](Cc2ccccc2)C1=O. The van der Waals surface area contributed by atoms with Crippen molar-refractivity contribution in [3.05, 3.63) is 84.2 Å². The van der Waals surface area contributed by atoms with Crippen molar-refractivity contribution in [2.75, 3.05) is 50.8 Å². The summed E-state index contributed by atoms with van der Waals surface area (Å²) < 4.78 is 5.97. The van der Waals surface area contributed by atoms with Crippen molar-refractivity contribution >= 4 is 29.6 Å². The van der Waals surface area contributed by atoms with E-state index in [1.165, 1.54) is 0 Å². The van der Waals surface area contributed by atoms with Gasteiger partial charge in [-0.3, -0.25) is 19.2 Å². The number of aromatic nitrogens is 2. The highest BCUT2D eigenvalue weighted by atomic mass is 16.5. The Morgan fingerprint density at radius 3 is 2.32 bits per heavy atom. The van der Waals surface area contributed by atoms with E-state index in [-0.39, 0.29) is 43.4 Å². The van der Waals surface area contributed by atoms with E-state index in [1.807, 2.05) is 42.2 Å². The van der Waals surface area contributed by atoms with Crippen molar-refractivity contribution in [2.24, 2.45) is 0 Å². The lowest BCUT2D eigenvalue weighted by Gasteiger charge is -2.36. The number of nitrogens with zero attached hydrogens (tertiary/aromatic N) is 5. The Hall–Kier alpha value is -5.00. The first-order valence-electron chi connectivity index (χ1n) is 14.9. The topological polar surface area (TPSA) is 137 Å². The number of carbonyl (C=O) groups is 4. The highest BCUT2D eigenvalue weighted by Gasteiger charge is 2.34. The molecule has 2 atom stereocenters. The van der Waals surface area contributed by atoms with Gasteiger partial charge in [0.05, 0.1) is 18.5 Å². The molecule has 12 heteroatoms. The summed E-state index contributed by atoms with van der Waals surface area (Å²) in [5, 5.41) is 5.65. The molecule has 3 heterocycles. The van der Waals surface area contributed by atoms with Gasteiger partial charge < -0.3 is 30.1 Å². The van der Waals surface area contributed by atoms with Crippen molar-refractivity contribution in [3.63, 3.8) is 0 Å². The van der Waals surface area contributed by atoms with Gasteiger partial charge in [0.25, 0.3) is 5.91 Å². The van der Waals surface area contributed by atoms with Gasteiger partial charge in [0.15, 0.2) is 0 Å². The van der Waals surface area contributed by atoms with Gasteiger partial charge >= 0.3 is 0 Å². The van der Waals surface area contributed by atoms with Crippen LogP contribution in [-0.4, -0.2) is 101 Å². The zero-order valence-corrected chi connectivity index (χ0v) is 24.7. The number of fused-ring (bicyclic) bond motifs is 1. The maximum atomic E-state index is 13.8. The summed E-state index contributed by atoms with van der Waals surface area (Å²) in [6, 6.07) is 15.9. The summed E-state index contributed by atoms with van der Waals surface area (Å²) >= 11 is 0. The van der Waals surface area contributed by atoms with Crippen molar-refractivity contribution in [3.8, 4) is 5.75 Å². The van der Waals surface area contributed by atoms with Crippen LogP contribution in [0.5, 0.6) is 5.75 Å². The molecular weight excluding hydrogens is 562 g/mol. The second kappa shape index (κ2) is 14.5. The van der Waals surface area contributed by atoms with E-state index in [0.717, 1.165) is 5.56 Å². The fourth-order valence-electron chi connectivity index (χ4n) is 5.42. The highest BCUT2D eigenvalue weighted by molar-refractivity contribution is 6.01. The van der Waals surface area contributed by atoms with E-state index >= 15 is 0 Å². The lowest BCUT2D eigenvalue weighted by atomic mass is 10.0. The Bertz CT molecular complexity index is 1450. The van der Waals surface area contributed by atoms with Crippen molar-refractivity contribution < 1.29 is 23.9 Å². The van der Waals surface area contributed by atoms with E-state index in [9.17, 15) is 19.2 Å². The van der Waals surface area contributed by atoms with Crippen LogP contribution in [0, 0.1) is 0 Å². The summed E-state index contributed by atoms with van der Waals surface area (Å²) in [5.41, 5.74) is 1.12. The largest absolute Gasteiger partial charge is 0.491 e. The smallest absolute Gasteiger partial charge is 0.255 e. The number of benzene rings is 2. The Balaban J connectivity index is 1.39. The van der Waals surface area contributed by atoms with Crippen LogP contribution in [0.2, 0.25) is 0 Å². The summed E-state index contributed by atoms with van der Waals surface area (Å²) in [6.45, 7) is 4.42. The van der Waals surface area contributed by atoms with E-state index in [2.05, 4.69) is 20.6 Å². The van der Waals surface area contributed by atoms with Gasteiger partial charge in [0, 0.05) is 51.5 Å². The number of anilines is 1. The number of rotatable bonds is 5. The number of ether oxygens (including phenoxy) is 1. The lowest BCUT2D eigenvalue weighted by molar-refractivity contribution is -0.138. The Morgan fingerprint density at radius 1 is 0.886 bits per heavy atom. The molecule has 5 rings (SSSR count). The molecule has 0 spiro atoms. The fourth-order valence-corrected chi connectivity index (χ4v) is 5.42. The second-order valence-electron chi connectivity index (χ2n) is 10.7. The van der Waals surface area contributed by atoms with E-state index in [0.29, 0.717) is 44.4 Å². The van der Waals surface area contributed by atoms with Gasteiger partial charge in [0.1, 0.15) is 24.4 Å². The molecule has 44 heavy (non-hydrogen) atoms. The predicted octanol–water partition coefficient (Wildman–Crippen LogP) is 1.28. The van der Waals surface area contributed by atoms with Crippen LogP contribution in [0.4, 0.5) is 5.95 Å². The summed E-state index contributed by atoms with van der Waals surface area (Å²) in [7, 11) is 0. The third kappa shape index (κ3) is 7.49.